The van der Waals surface area contributed by atoms with Crippen LogP contribution in [0, 0.1) is 6.54 Å². The Morgan fingerprint density at radius 1 is 1.35 bits per heavy atom. The number of aromatic nitrogens is 1. The average Bonchev–Trinajstić information content (AvgIpc) is 2.92. The second kappa shape index (κ2) is 6.02. The highest BCUT2D eigenvalue weighted by Gasteiger charge is 2.18. The number of anilines is 1. The number of aliphatic imine (C=N–C) groups is 1. The number of fused-ring (bicyclic) bond motifs is 1. The summed E-state index contributed by atoms with van der Waals surface area (Å²) < 4.78 is 6.21. The Labute approximate surface area is 121 Å². The Morgan fingerprint density at radius 2 is 2.25 bits per heavy atom. The molecule has 1 aliphatic rings. The third-order valence-corrected chi connectivity index (χ3v) is 3.86. The summed E-state index contributed by atoms with van der Waals surface area (Å²) in [5, 5.41) is 4.15. The van der Waals surface area contributed by atoms with Crippen LogP contribution in [-0.2, 0) is 4.74 Å². The van der Waals surface area contributed by atoms with Crippen molar-refractivity contribution in [1.29, 1.82) is 0 Å². The Bertz CT molecular complexity index is 616. The summed E-state index contributed by atoms with van der Waals surface area (Å²) in [5.74, 6) is 0.767. The molecule has 2 aromatic rings. The Morgan fingerprint density at radius 3 is 3.10 bits per heavy atom. The predicted molar refractivity (Wildman–Crippen MR) is 82.9 cm³/mol. The summed E-state index contributed by atoms with van der Waals surface area (Å²) in [6, 6.07) is 8.11. The van der Waals surface area contributed by atoms with Crippen LogP contribution in [0.3, 0.4) is 0 Å². The molecule has 1 N–H and O–H groups in total. The number of nitrogens with one attached hydrogen (secondary N) is 1. The molecule has 0 saturated heterocycles. The van der Waals surface area contributed by atoms with Crippen LogP contribution in [0.5, 0.6) is 0 Å². The first-order chi connectivity index (χ1) is 9.88. The van der Waals surface area contributed by atoms with E-state index in [1.165, 1.54) is 4.70 Å². The molecule has 1 radical (unpaired) electrons. The van der Waals surface area contributed by atoms with Crippen LogP contribution < -0.4 is 10.2 Å². The van der Waals surface area contributed by atoms with Crippen LogP contribution in [0.15, 0.2) is 41.5 Å². The first kappa shape index (κ1) is 13.1. The molecule has 0 atom stereocenters. The number of methoxy groups -OCH3 is 1. The van der Waals surface area contributed by atoms with Crippen molar-refractivity contribution >= 4 is 32.6 Å². The number of hydrogen-bond donors (Lipinski definition) is 1. The number of para-hydroxylation sites is 1. The van der Waals surface area contributed by atoms with Gasteiger partial charge in [-0.1, -0.05) is 23.5 Å². The zero-order chi connectivity index (χ0) is 13.8. The topological polar surface area (TPSA) is 49.8 Å². The van der Waals surface area contributed by atoms with Crippen molar-refractivity contribution in [2.45, 2.75) is 0 Å². The van der Waals surface area contributed by atoms with Crippen LogP contribution in [-0.4, -0.2) is 31.2 Å². The summed E-state index contributed by atoms with van der Waals surface area (Å²) in [6.45, 7) is 3.30. The summed E-state index contributed by atoms with van der Waals surface area (Å²) >= 11 is 1.64. The number of guanidine groups is 1. The van der Waals surface area contributed by atoms with Crippen LogP contribution in [0.4, 0.5) is 5.13 Å². The van der Waals surface area contributed by atoms with Gasteiger partial charge in [-0.05, 0) is 18.2 Å². The molecule has 5 nitrogen and oxygen atoms in total. The number of rotatable bonds is 4. The number of ether oxygens (including phenoxy) is 1. The van der Waals surface area contributed by atoms with E-state index in [-0.39, 0.29) is 0 Å². The van der Waals surface area contributed by atoms with Crippen molar-refractivity contribution in [2.24, 2.45) is 4.99 Å². The van der Waals surface area contributed by atoms with Gasteiger partial charge in [0.05, 0.1) is 23.4 Å². The minimum Gasteiger partial charge on any atom is -0.383 e. The van der Waals surface area contributed by atoms with Gasteiger partial charge in [0.1, 0.15) is 0 Å². The van der Waals surface area contributed by atoms with Gasteiger partial charge in [0, 0.05) is 19.9 Å². The van der Waals surface area contributed by atoms with Crippen molar-refractivity contribution in [3.05, 3.63) is 43.1 Å². The van der Waals surface area contributed by atoms with E-state index < -0.39 is 0 Å². The van der Waals surface area contributed by atoms with Crippen LogP contribution in [0.25, 0.3) is 10.2 Å². The van der Waals surface area contributed by atoms with Gasteiger partial charge in [0.2, 0.25) is 5.96 Å². The first-order valence-electron chi connectivity index (χ1n) is 6.34. The highest BCUT2D eigenvalue weighted by molar-refractivity contribution is 7.22. The summed E-state index contributed by atoms with van der Waals surface area (Å²) in [5.41, 5.74) is 1.01. The first-order valence-corrected chi connectivity index (χ1v) is 7.15. The number of hydrogen-bond acceptors (Lipinski definition) is 6. The van der Waals surface area contributed by atoms with Gasteiger partial charge < -0.3 is 10.1 Å². The Kier molecular flexibility index (Phi) is 3.94. The molecular formula is C14H15N4OS. The summed E-state index contributed by atoms with van der Waals surface area (Å²) in [6.07, 6.45) is 3.66. The third-order valence-electron chi connectivity index (χ3n) is 2.82. The molecule has 0 aliphatic carbocycles. The smallest absolute Gasteiger partial charge is 0.205 e. The number of benzene rings is 1. The standard InChI is InChI=1S/C14H15N4OS/c1-19-10-8-16-13-15-7-4-9-18(13)14-17-11-5-2-3-6-12(11)20-14/h2-7,9H,8,10H2,1H3,(H,15,16). The van der Waals surface area contributed by atoms with Crippen molar-refractivity contribution in [3.63, 3.8) is 0 Å². The van der Waals surface area contributed by atoms with E-state index >= 15 is 0 Å². The molecule has 0 fully saturated rings. The molecule has 1 aromatic heterocycles. The lowest BCUT2D eigenvalue weighted by molar-refractivity contribution is 0.204. The molecule has 20 heavy (non-hydrogen) atoms. The lowest BCUT2D eigenvalue weighted by Gasteiger charge is -2.24. The minimum atomic E-state index is 0.635. The highest BCUT2D eigenvalue weighted by atomic mass is 32.1. The van der Waals surface area contributed by atoms with Gasteiger partial charge in [-0.25, -0.2) is 9.98 Å². The molecule has 0 saturated carbocycles. The molecule has 1 aliphatic heterocycles. The maximum atomic E-state index is 5.04. The molecular weight excluding hydrogens is 272 g/mol. The van der Waals surface area contributed by atoms with Crippen molar-refractivity contribution in [2.75, 3.05) is 25.2 Å². The molecule has 6 heteroatoms. The minimum absolute atomic E-state index is 0.635. The van der Waals surface area contributed by atoms with Crippen LogP contribution in [0.2, 0.25) is 0 Å². The largest absolute Gasteiger partial charge is 0.383 e. The highest BCUT2D eigenvalue weighted by Crippen LogP contribution is 2.29. The zero-order valence-corrected chi connectivity index (χ0v) is 11.9. The quantitative estimate of drug-likeness (QED) is 0.877. The van der Waals surface area contributed by atoms with E-state index in [4.69, 9.17) is 4.74 Å². The number of nitrogens with zero attached hydrogens (tertiary/aromatic N) is 3. The number of thiazole rings is 1. The van der Waals surface area contributed by atoms with Gasteiger partial charge in [-0.15, -0.1) is 0 Å². The summed E-state index contributed by atoms with van der Waals surface area (Å²) in [7, 11) is 1.68. The fourth-order valence-electron chi connectivity index (χ4n) is 1.88. The average molecular weight is 287 g/mol. The second-order valence-electron chi connectivity index (χ2n) is 4.20. The molecule has 3 rings (SSSR count). The van der Waals surface area contributed by atoms with Crippen molar-refractivity contribution in [1.82, 2.24) is 10.3 Å². The summed E-state index contributed by atoms with van der Waals surface area (Å²) in [4.78, 5) is 11.0. The van der Waals surface area contributed by atoms with Gasteiger partial charge in [-0.2, -0.15) is 0 Å². The van der Waals surface area contributed by atoms with Gasteiger partial charge in [0.25, 0.3) is 0 Å². The fourth-order valence-corrected chi connectivity index (χ4v) is 2.84. The van der Waals surface area contributed by atoms with Crippen molar-refractivity contribution < 1.29 is 4.74 Å². The Balaban J connectivity index is 1.83. The van der Waals surface area contributed by atoms with Gasteiger partial charge in [-0.3, -0.25) is 4.90 Å². The molecule has 1 aromatic carbocycles. The third kappa shape index (κ3) is 2.66. The van der Waals surface area contributed by atoms with E-state index in [1.807, 2.05) is 35.7 Å². The van der Waals surface area contributed by atoms with E-state index in [9.17, 15) is 0 Å². The molecule has 0 spiro atoms. The lowest BCUT2D eigenvalue weighted by Crippen LogP contribution is -2.41. The molecule has 2 heterocycles. The fraction of sp³-hybridized carbons (Fsp3) is 0.214. The normalized spacial score (nSPS) is 14.7. The monoisotopic (exact) mass is 287 g/mol. The predicted octanol–water partition coefficient (Wildman–Crippen LogP) is 2.38. The van der Waals surface area contributed by atoms with Gasteiger partial charge in [0.15, 0.2) is 5.13 Å². The molecule has 0 unspecified atom stereocenters. The molecule has 0 bridgehead atoms. The molecule has 0 amide bonds. The maximum Gasteiger partial charge on any atom is 0.205 e. The van der Waals surface area contributed by atoms with Gasteiger partial charge >= 0.3 is 0 Å². The van der Waals surface area contributed by atoms with Crippen LogP contribution in [0.1, 0.15) is 0 Å². The van der Waals surface area contributed by atoms with E-state index in [0.29, 0.717) is 13.2 Å². The SMILES string of the molecule is COCCNC1=NC=C[CH]N1c1nc2ccccc2s1. The lowest BCUT2D eigenvalue weighted by atomic mass is 10.3. The van der Waals surface area contributed by atoms with Crippen molar-refractivity contribution in [3.8, 4) is 0 Å². The zero-order valence-electron chi connectivity index (χ0n) is 11.1. The van der Waals surface area contributed by atoms with E-state index in [2.05, 4.69) is 21.4 Å². The van der Waals surface area contributed by atoms with Crippen LogP contribution >= 0.6 is 11.3 Å². The van der Waals surface area contributed by atoms with E-state index in [1.54, 1.807) is 24.6 Å². The Hall–Kier alpha value is -1.92. The molecule has 103 valence electrons. The van der Waals surface area contributed by atoms with E-state index in [0.717, 1.165) is 16.6 Å². The maximum absolute atomic E-state index is 5.04. The second-order valence-corrected chi connectivity index (χ2v) is 5.21.